The van der Waals surface area contributed by atoms with Gasteiger partial charge in [0.1, 0.15) is 0 Å². The van der Waals surface area contributed by atoms with Gasteiger partial charge < -0.3 is 5.11 Å². The number of nitrogens with one attached hydrogen (secondary N) is 2. The Bertz CT molecular complexity index is 1050. The predicted octanol–water partition coefficient (Wildman–Crippen LogP) is 2.68. The van der Waals surface area contributed by atoms with E-state index in [0.29, 0.717) is 22.3 Å². The van der Waals surface area contributed by atoms with Crippen LogP contribution in [-0.2, 0) is 10.0 Å². The maximum atomic E-state index is 12.8. The monoisotopic (exact) mass is 345 g/mol. The molecule has 1 aromatic heterocycles. The summed E-state index contributed by atoms with van der Waals surface area (Å²) in [5.74, 6) is -1.18. The van der Waals surface area contributed by atoms with Gasteiger partial charge in [-0.05, 0) is 43.2 Å². The molecule has 124 valence electrons. The zero-order valence-corrected chi connectivity index (χ0v) is 13.8. The summed E-state index contributed by atoms with van der Waals surface area (Å²) in [5, 5.41) is 16.6. The molecule has 0 amide bonds. The molecule has 0 aliphatic heterocycles. The molecule has 0 saturated carbocycles. The molecular formula is C16H15N3O4S. The molecule has 0 unspecified atom stereocenters. The summed E-state index contributed by atoms with van der Waals surface area (Å²) < 4.78 is 28.1. The molecule has 0 fully saturated rings. The molecular weight excluding hydrogens is 330 g/mol. The highest BCUT2D eigenvalue weighted by Crippen LogP contribution is 2.27. The molecule has 8 heteroatoms. The highest BCUT2D eigenvalue weighted by Gasteiger charge is 2.21. The van der Waals surface area contributed by atoms with Crippen molar-refractivity contribution in [2.45, 2.75) is 18.7 Å². The van der Waals surface area contributed by atoms with E-state index in [1.807, 2.05) is 0 Å². The Balaban J connectivity index is 2.12. The maximum Gasteiger partial charge on any atom is 0.335 e. The van der Waals surface area contributed by atoms with Crippen molar-refractivity contribution in [2.24, 2.45) is 0 Å². The number of hydrogen-bond donors (Lipinski definition) is 3. The van der Waals surface area contributed by atoms with Crippen LogP contribution in [-0.4, -0.2) is 29.7 Å². The maximum absolute atomic E-state index is 12.8. The number of aryl methyl sites for hydroxylation is 1. The average Bonchev–Trinajstić information content (AvgIpc) is 2.98. The van der Waals surface area contributed by atoms with Crippen molar-refractivity contribution >= 4 is 32.6 Å². The predicted molar refractivity (Wildman–Crippen MR) is 89.8 cm³/mol. The van der Waals surface area contributed by atoms with Gasteiger partial charge in [0.25, 0.3) is 10.0 Å². The van der Waals surface area contributed by atoms with Gasteiger partial charge in [0.05, 0.1) is 27.9 Å². The molecule has 0 aliphatic carbocycles. The van der Waals surface area contributed by atoms with E-state index in [0.717, 1.165) is 5.39 Å². The van der Waals surface area contributed by atoms with Crippen LogP contribution in [0.4, 0.5) is 5.69 Å². The largest absolute Gasteiger partial charge is 0.478 e. The fraction of sp³-hybridized carbons (Fsp3) is 0.125. The highest BCUT2D eigenvalue weighted by atomic mass is 32.2. The molecule has 3 aromatic rings. The van der Waals surface area contributed by atoms with Gasteiger partial charge in [0.15, 0.2) is 0 Å². The van der Waals surface area contributed by atoms with Crippen LogP contribution in [0.25, 0.3) is 10.9 Å². The van der Waals surface area contributed by atoms with Gasteiger partial charge in [0.2, 0.25) is 0 Å². The fourth-order valence-electron chi connectivity index (χ4n) is 2.48. The third-order valence-corrected chi connectivity index (χ3v) is 5.37. The van der Waals surface area contributed by atoms with Crippen molar-refractivity contribution in [3.8, 4) is 0 Å². The van der Waals surface area contributed by atoms with Crippen LogP contribution in [0.15, 0.2) is 41.4 Å². The van der Waals surface area contributed by atoms with E-state index in [4.69, 9.17) is 5.11 Å². The van der Waals surface area contributed by atoms with Gasteiger partial charge in [-0.15, -0.1) is 0 Å². The summed E-state index contributed by atoms with van der Waals surface area (Å²) in [6, 6.07) is 7.74. The summed E-state index contributed by atoms with van der Waals surface area (Å²) in [5.41, 5.74) is 1.94. The zero-order valence-electron chi connectivity index (χ0n) is 13.0. The number of rotatable bonds is 4. The van der Waals surface area contributed by atoms with E-state index in [-0.39, 0.29) is 10.5 Å². The zero-order chi connectivity index (χ0) is 17.5. The van der Waals surface area contributed by atoms with Crippen molar-refractivity contribution in [1.82, 2.24) is 10.2 Å². The molecule has 3 rings (SSSR count). The van der Waals surface area contributed by atoms with Crippen molar-refractivity contribution in [1.29, 1.82) is 0 Å². The Morgan fingerprint density at radius 1 is 1.25 bits per heavy atom. The number of aromatic carboxylic acids is 1. The van der Waals surface area contributed by atoms with E-state index >= 15 is 0 Å². The highest BCUT2D eigenvalue weighted by molar-refractivity contribution is 7.92. The summed E-state index contributed by atoms with van der Waals surface area (Å²) in [7, 11) is -3.95. The molecule has 1 heterocycles. The number of para-hydroxylation sites is 1. The molecule has 2 aromatic carbocycles. The molecule has 0 bridgehead atoms. The minimum absolute atomic E-state index is 0.0589. The van der Waals surface area contributed by atoms with Crippen LogP contribution in [0.1, 0.15) is 21.5 Å². The van der Waals surface area contributed by atoms with E-state index in [2.05, 4.69) is 14.9 Å². The molecule has 3 N–H and O–H groups in total. The minimum Gasteiger partial charge on any atom is -0.478 e. The number of aromatic nitrogens is 2. The second-order valence-electron chi connectivity index (χ2n) is 5.47. The SMILES string of the molecule is Cc1cc(C(=O)O)cc(S(=O)(=O)Nc2cccc3cn[nH]c23)c1C. The normalized spacial score (nSPS) is 11.6. The molecule has 0 saturated heterocycles. The summed E-state index contributed by atoms with van der Waals surface area (Å²) in [4.78, 5) is 11.2. The Kier molecular flexibility index (Phi) is 3.76. The van der Waals surface area contributed by atoms with E-state index in [1.165, 1.54) is 12.1 Å². The topological polar surface area (TPSA) is 112 Å². The van der Waals surface area contributed by atoms with E-state index in [9.17, 15) is 13.2 Å². The lowest BCUT2D eigenvalue weighted by Gasteiger charge is -2.13. The number of H-pyrrole nitrogens is 1. The van der Waals surface area contributed by atoms with Crippen LogP contribution in [0.2, 0.25) is 0 Å². The third-order valence-electron chi connectivity index (χ3n) is 3.88. The van der Waals surface area contributed by atoms with Gasteiger partial charge in [-0.25, -0.2) is 13.2 Å². The molecule has 24 heavy (non-hydrogen) atoms. The van der Waals surface area contributed by atoms with Gasteiger partial charge >= 0.3 is 5.97 Å². The second-order valence-corrected chi connectivity index (χ2v) is 7.12. The van der Waals surface area contributed by atoms with Gasteiger partial charge in [0, 0.05) is 5.39 Å². The van der Waals surface area contributed by atoms with Crippen molar-refractivity contribution in [3.63, 3.8) is 0 Å². The average molecular weight is 345 g/mol. The van der Waals surface area contributed by atoms with Gasteiger partial charge in [-0.3, -0.25) is 9.82 Å². The lowest BCUT2D eigenvalue weighted by molar-refractivity contribution is 0.0696. The Labute approximate surface area is 138 Å². The first kappa shape index (κ1) is 16.0. The van der Waals surface area contributed by atoms with Gasteiger partial charge in [-0.2, -0.15) is 5.10 Å². The van der Waals surface area contributed by atoms with Crippen molar-refractivity contribution in [3.05, 3.63) is 53.2 Å². The first-order chi connectivity index (χ1) is 11.3. The van der Waals surface area contributed by atoms with E-state index < -0.39 is 16.0 Å². The molecule has 0 atom stereocenters. The molecule has 0 radical (unpaired) electrons. The number of nitrogens with zero attached hydrogens (tertiary/aromatic N) is 1. The number of anilines is 1. The lowest BCUT2D eigenvalue weighted by atomic mass is 10.1. The summed E-state index contributed by atoms with van der Waals surface area (Å²) >= 11 is 0. The number of benzene rings is 2. The van der Waals surface area contributed by atoms with Crippen LogP contribution >= 0.6 is 0 Å². The summed E-state index contributed by atoms with van der Waals surface area (Å²) in [6.07, 6.45) is 1.59. The standard InChI is InChI=1S/C16H15N3O4S/c1-9-6-12(16(20)21)7-14(10(9)2)24(22,23)19-13-5-3-4-11-8-17-18-15(11)13/h3-8,19H,1-2H3,(H,17,18)(H,20,21). The number of fused-ring (bicyclic) bond motifs is 1. The quantitative estimate of drug-likeness (QED) is 0.673. The second kappa shape index (κ2) is 5.64. The number of hydrogen-bond acceptors (Lipinski definition) is 4. The van der Waals surface area contributed by atoms with Crippen LogP contribution in [0.5, 0.6) is 0 Å². The number of aromatic amines is 1. The first-order valence-corrected chi connectivity index (χ1v) is 8.57. The smallest absolute Gasteiger partial charge is 0.335 e. The number of carboxylic acid groups (broad SMARTS) is 1. The Morgan fingerprint density at radius 2 is 2.00 bits per heavy atom. The van der Waals surface area contributed by atoms with Crippen LogP contribution in [0.3, 0.4) is 0 Å². The number of carbonyl (C=O) groups is 1. The molecule has 0 aliphatic rings. The third kappa shape index (κ3) is 2.71. The van der Waals surface area contributed by atoms with Crippen LogP contribution < -0.4 is 4.72 Å². The fourth-order valence-corrected chi connectivity index (χ4v) is 3.90. The Hall–Kier alpha value is -2.87. The van der Waals surface area contributed by atoms with Crippen molar-refractivity contribution in [2.75, 3.05) is 4.72 Å². The minimum atomic E-state index is -3.95. The molecule has 0 spiro atoms. The van der Waals surface area contributed by atoms with Gasteiger partial charge in [-0.1, -0.05) is 12.1 Å². The number of sulfonamides is 1. The van der Waals surface area contributed by atoms with Crippen molar-refractivity contribution < 1.29 is 18.3 Å². The Morgan fingerprint density at radius 3 is 2.71 bits per heavy atom. The van der Waals surface area contributed by atoms with Crippen LogP contribution in [0, 0.1) is 13.8 Å². The van der Waals surface area contributed by atoms with E-state index in [1.54, 1.807) is 38.2 Å². The lowest BCUT2D eigenvalue weighted by Crippen LogP contribution is -2.16. The molecule has 7 nitrogen and oxygen atoms in total. The first-order valence-electron chi connectivity index (χ1n) is 7.09. The number of carboxylic acids is 1. The summed E-state index contributed by atoms with van der Waals surface area (Å²) in [6.45, 7) is 3.32.